The zero-order valence-electron chi connectivity index (χ0n) is 23.5. The molecule has 0 aliphatic carbocycles. The van der Waals surface area contributed by atoms with Crippen molar-refractivity contribution in [3.63, 3.8) is 0 Å². The summed E-state index contributed by atoms with van der Waals surface area (Å²) < 4.78 is 4.72. The van der Waals surface area contributed by atoms with E-state index in [1.807, 2.05) is 0 Å². The van der Waals surface area contributed by atoms with E-state index >= 15 is 0 Å². The predicted octanol–water partition coefficient (Wildman–Crippen LogP) is 10.1. The third kappa shape index (κ3) is 3.13. The fourth-order valence-electron chi connectivity index (χ4n) is 7.01. The van der Waals surface area contributed by atoms with Crippen molar-refractivity contribution in [2.45, 2.75) is 13.8 Å². The highest BCUT2D eigenvalue weighted by atomic mass is 15.1. The summed E-state index contributed by atoms with van der Waals surface area (Å²) in [5.74, 6) is 0.974. The monoisotopic (exact) mass is 537 g/mol. The van der Waals surface area contributed by atoms with Gasteiger partial charge in [-0.3, -0.25) is 4.57 Å². The highest BCUT2D eigenvalue weighted by Crippen LogP contribution is 2.41. The van der Waals surface area contributed by atoms with Crippen molar-refractivity contribution in [2.24, 2.45) is 0 Å². The first-order valence-corrected chi connectivity index (χ1v) is 14.5. The second-order valence-electron chi connectivity index (χ2n) is 11.4. The number of para-hydroxylation sites is 5. The predicted molar refractivity (Wildman–Crippen MR) is 176 cm³/mol. The van der Waals surface area contributed by atoms with Crippen LogP contribution < -0.4 is 0 Å². The molecular formula is C39H27N3. The van der Waals surface area contributed by atoms with Gasteiger partial charge in [-0.15, -0.1) is 0 Å². The van der Waals surface area contributed by atoms with Crippen LogP contribution in [0.25, 0.3) is 77.3 Å². The van der Waals surface area contributed by atoms with Gasteiger partial charge in [-0.2, -0.15) is 0 Å². The average Bonchev–Trinajstić information content (AvgIpc) is 3.69. The minimum absolute atomic E-state index is 0.974. The molecule has 0 amide bonds. The summed E-state index contributed by atoms with van der Waals surface area (Å²) in [4.78, 5) is 5.13. The highest BCUT2D eigenvalue weighted by Gasteiger charge is 2.20. The number of nitrogens with zero attached hydrogens (tertiary/aromatic N) is 3. The molecule has 0 N–H and O–H groups in total. The van der Waals surface area contributed by atoms with Crippen molar-refractivity contribution in [1.82, 2.24) is 14.0 Å². The van der Waals surface area contributed by atoms with Crippen LogP contribution in [0.5, 0.6) is 0 Å². The van der Waals surface area contributed by atoms with E-state index in [0.29, 0.717) is 0 Å². The third-order valence-electron chi connectivity index (χ3n) is 8.92. The molecule has 0 radical (unpaired) electrons. The molecule has 9 aromatic rings. The van der Waals surface area contributed by atoms with Crippen LogP contribution in [-0.4, -0.2) is 14.0 Å². The number of hydrogen-bond acceptors (Lipinski definition) is 1. The standard InChI is InChI=1S/C39H27N3/c1-24-22-32(39-40-34-16-7-9-18-37(34)41(39)27-11-4-3-5-12-27)25(2)21-31(24)26-19-20-36-33(23-26)30-15-10-14-29-28-13-6-8-17-35(28)42(36)38(29)30/h3-23H,1-2H3. The van der Waals surface area contributed by atoms with Gasteiger partial charge in [0.1, 0.15) is 5.82 Å². The van der Waals surface area contributed by atoms with Gasteiger partial charge in [-0.05, 0) is 84.6 Å². The highest BCUT2D eigenvalue weighted by molar-refractivity contribution is 6.23. The Labute approximate surface area is 243 Å². The van der Waals surface area contributed by atoms with E-state index in [0.717, 1.165) is 28.1 Å². The normalized spacial score (nSPS) is 12.0. The first kappa shape index (κ1) is 23.3. The molecular weight excluding hydrogens is 510 g/mol. The zero-order chi connectivity index (χ0) is 27.9. The summed E-state index contributed by atoms with van der Waals surface area (Å²) in [6, 6.07) is 46.0. The van der Waals surface area contributed by atoms with E-state index in [4.69, 9.17) is 4.98 Å². The molecule has 0 aliphatic rings. The fraction of sp³-hybridized carbons (Fsp3) is 0.0513. The quantitative estimate of drug-likeness (QED) is 0.220. The molecule has 0 unspecified atom stereocenters. The van der Waals surface area contributed by atoms with Gasteiger partial charge >= 0.3 is 0 Å². The average molecular weight is 538 g/mol. The van der Waals surface area contributed by atoms with E-state index < -0.39 is 0 Å². The molecule has 0 fully saturated rings. The number of hydrogen-bond donors (Lipinski definition) is 0. The number of imidazole rings is 1. The summed E-state index contributed by atoms with van der Waals surface area (Å²) >= 11 is 0. The van der Waals surface area contributed by atoms with Crippen molar-refractivity contribution >= 4 is 49.1 Å². The molecule has 0 bridgehead atoms. The first-order valence-electron chi connectivity index (χ1n) is 14.5. The lowest BCUT2D eigenvalue weighted by Crippen LogP contribution is -1.99. The molecule has 0 aliphatic heterocycles. The van der Waals surface area contributed by atoms with Gasteiger partial charge in [-0.25, -0.2) is 4.98 Å². The van der Waals surface area contributed by atoms with E-state index in [1.165, 1.54) is 60.3 Å². The lowest BCUT2D eigenvalue weighted by Gasteiger charge is -2.15. The van der Waals surface area contributed by atoms with Crippen molar-refractivity contribution < 1.29 is 0 Å². The first-order chi connectivity index (χ1) is 20.7. The zero-order valence-corrected chi connectivity index (χ0v) is 23.5. The summed E-state index contributed by atoms with van der Waals surface area (Å²) in [5, 5.41) is 5.24. The number of benzene rings is 6. The maximum absolute atomic E-state index is 5.13. The van der Waals surface area contributed by atoms with E-state index in [1.54, 1.807) is 0 Å². The molecule has 42 heavy (non-hydrogen) atoms. The Morgan fingerprint density at radius 1 is 0.500 bits per heavy atom. The van der Waals surface area contributed by atoms with E-state index in [9.17, 15) is 0 Å². The van der Waals surface area contributed by atoms with Crippen molar-refractivity contribution in [3.8, 4) is 28.2 Å². The largest absolute Gasteiger partial charge is 0.308 e. The maximum Gasteiger partial charge on any atom is 0.146 e. The second-order valence-corrected chi connectivity index (χ2v) is 11.4. The minimum atomic E-state index is 0.974. The van der Waals surface area contributed by atoms with E-state index in [2.05, 4.69) is 150 Å². The third-order valence-corrected chi connectivity index (χ3v) is 8.92. The number of rotatable bonds is 3. The molecule has 3 heteroatoms. The number of fused-ring (bicyclic) bond motifs is 7. The van der Waals surface area contributed by atoms with Crippen LogP contribution >= 0.6 is 0 Å². The molecule has 3 aromatic heterocycles. The van der Waals surface area contributed by atoms with Gasteiger partial charge in [0.15, 0.2) is 0 Å². The molecule has 198 valence electrons. The van der Waals surface area contributed by atoms with Crippen LogP contribution in [0.4, 0.5) is 0 Å². The van der Waals surface area contributed by atoms with Gasteiger partial charge in [0.2, 0.25) is 0 Å². The summed E-state index contributed by atoms with van der Waals surface area (Å²) in [7, 11) is 0. The van der Waals surface area contributed by atoms with Crippen molar-refractivity contribution in [1.29, 1.82) is 0 Å². The van der Waals surface area contributed by atoms with E-state index in [-0.39, 0.29) is 0 Å². The Morgan fingerprint density at radius 3 is 2.00 bits per heavy atom. The van der Waals surface area contributed by atoms with Gasteiger partial charge in [-0.1, -0.05) is 78.9 Å². The van der Waals surface area contributed by atoms with Gasteiger partial charge < -0.3 is 4.40 Å². The maximum atomic E-state index is 5.13. The molecule has 6 aromatic carbocycles. The smallest absolute Gasteiger partial charge is 0.146 e. The number of aryl methyl sites for hydroxylation is 2. The molecule has 0 atom stereocenters. The number of aromatic nitrogens is 3. The molecule has 9 rings (SSSR count). The fourth-order valence-corrected chi connectivity index (χ4v) is 7.01. The molecule has 0 spiro atoms. The molecule has 3 heterocycles. The lowest BCUT2D eigenvalue weighted by atomic mass is 9.93. The Kier molecular flexibility index (Phi) is 4.74. The van der Waals surface area contributed by atoms with Crippen LogP contribution in [0.15, 0.2) is 127 Å². The Bertz CT molecular complexity index is 2480. The second kappa shape index (κ2) is 8.55. The van der Waals surface area contributed by atoms with Crippen LogP contribution in [0.3, 0.4) is 0 Å². The Balaban J connectivity index is 1.24. The Hall–Kier alpha value is -5.41. The summed E-state index contributed by atoms with van der Waals surface area (Å²) in [5.41, 5.74) is 13.2. The lowest BCUT2D eigenvalue weighted by molar-refractivity contribution is 1.10. The van der Waals surface area contributed by atoms with Gasteiger partial charge in [0, 0.05) is 32.8 Å². The minimum Gasteiger partial charge on any atom is -0.308 e. The topological polar surface area (TPSA) is 22.2 Å². The van der Waals surface area contributed by atoms with Gasteiger partial charge in [0.05, 0.1) is 27.6 Å². The van der Waals surface area contributed by atoms with Crippen LogP contribution in [0, 0.1) is 13.8 Å². The molecule has 0 saturated carbocycles. The SMILES string of the molecule is Cc1cc(-c2nc3ccccc3n2-c2ccccc2)c(C)cc1-c1ccc2c(c1)c1cccc3c4ccccc4n2c31. The van der Waals surface area contributed by atoms with Gasteiger partial charge in [0.25, 0.3) is 0 Å². The molecule has 3 nitrogen and oxygen atoms in total. The van der Waals surface area contributed by atoms with Crippen molar-refractivity contribution in [3.05, 3.63) is 139 Å². The van der Waals surface area contributed by atoms with Crippen LogP contribution in [-0.2, 0) is 0 Å². The summed E-state index contributed by atoms with van der Waals surface area (Å²) in [6.45, 7) is 4.43. The van der Waals surface area contributed by atoms with Crippen molar-refractivity contribution in [2.75, 3.05) is 0 Å². The van der Waals surface area contributed by atoms with Crippen LogP contribution in [0.1, 0.15) is 11.1 Å². The molecule has 0 saturated heterocycles. The Morgan fingerprint density at radius 2 is 1.14 bits per heavy atom. The summed E-state index contributed by atoms with van der Waals surface area (Å²) in [6.07, 6.45) is 0. The van der Waals surface area contributed by atoms with Crippen LogP contribution in [0.2, 0.25) is 0 Å².